The van der Waals surface area contributed by atoms with Crippen molar-refractivity contribution in [3.8, 4) is 0 Å². The number of carbonyl (C=O) groups is 2. The zero-order valence-electron chi connectivity index (χ0n) is 9.44. The van der Waals surface area contributed by atoms with E-state index in [0.29, 0.717) is 6.07 Å². The molecule has 0 saturated carbocycles. The van der Waals surface area contributed by atoms with Gasteiger partial charge in [0.05, 0.1) is 22.6 Å². The Morgan fingerprint density at radius 2 is 1.74 bits per heavy atom. The van der Waals surface area contributed by atoms with E-state index in [9.17, 15) is 18.0 Å². The molecule has 0 amide bonds. The molecule has 0 aliphatic heterocycles. The molecule has 0 saturated heterocycles. The van der Waals surface area contributed by atoms with Crippen LogP contribution in [-0.4, -0.2) is 48.3 Å². The summed E-state index contributed by atoms with van der Waals surface area (Å²) in [7, 11) is -4.66. The summed E-state index contributed by atoms with van der Waals surface area (Å²) >= 11 is 0. The van der Waals surface area contributed by atoms with Crippen molar-refractivity contribution in [3.05, 3.63) is 29.3 Å². The average molecular weight is 290 g/mol. The van der Waals surface area contributed by atoms with Crippen molar-refractivity contribution in [2.24, 2.45) is 0 Å². The van der Waals surface area contributed by atoms with E-state index >= 15 is 0 Å². The van der Waals surface area contributed by atoms with E-state index in [1.165, 1.54) is 0 Å². The van der Waals surface area contributed by atoms with Crippen LogP contribution in [-0.2, 0) is 14.9 Å². The normalized spacial score (nSPS) is 11.1. The summed E-state index contributed by atoms with van der Waals surface area (Å²) in [5, 5.41) is 17.3. The van der Waals surface area contributed by atoms with Crippen molar-refractivity contribution in [3.63, 3.8) is 0 Å². The number of carboxylic acid groups (broad SMARTS) is 1. The summed E-state index contributed by atoms with van der Waals surface area (Å²) in [6.45, 7) is -0.757. The van der Waals surface area contributed by atoms with Crippen LogP contribution in [0.25, 0.3) is 0 Å². The first-order chi connectivity index (χ1) is 8.75. The number of hydrogen-bond donors (Lipinski definition) is 3. The minimum Gasteiger partial charge on any atom is -0.478 e. The Labute approximate surface area is 108 Å². The highest BCUT2D eigenvalue weighted by atomic mass is 32.2. The highest BCUT2D eigenvalue weighted by Gasteiger charge is 2.18. The number of carboxylic acids is 1. The van der Waals surface area contributed by atoms with Crippen LogP contribution in [0.4, 0.5) is 0 Å². The maximum atomic E-state index is 11.5. The first-order valence-electron chi connectivity index (χ1n) is 4.89. The molecule has 0 atom stereocenters. The standard InChI is InChI=1S/C10H10O8S/c11-1-2-18-10(14)7-3-6(9(12)13)4-8(5-7)19(15,16)17/h3-5,11H,1-2H2,(H,12,13)(H,15,16,17). The highest BCUT2D eigenvalue weighted by molar-refractivity contribution is 7.85. The van der Waals surface area contributed by atoms with Crippen LogP contribution in [0.2, 0.25) is 0 Å². The molecule has 0 radical (unpaired) electrons. The van der Waals surface area contributed by atoms with Gasteiger partial charge in [0.15, 0.2) is 0 Å². The summed E-state index contributed by atoms with van der Waals surface area (Å²) in [5.74, 6) is -2.48. The quantitative estimate of drug-likeness (QED) is 0.499. The molecule has 19 heavy (non-hydrogen) atoms. The Hall–Kier alpha value is -1.97. The van der Waals surface area contributed by atoms with Crippen LogP contribution in [0, 0.1) is 0 Å². The van der Waals surface area contributed by atoms with Crippen LogP contribution < -0.4 is 0 Å². The van der Waals surface area contributed by atoms with Crippen molar-refractivity contribution >= 4 is 22.1 Å². The summed E-state index contributed by atoms with van der Waals surface area (Å²) in [6.07, 6.45) is 0. The number of carbonyl (C=O) groups excluding carboxylic acids is 1. The van der Waals surface area contributed by atoms with Crippen molar-refractivity contribution in [2.45, 2.75) is 4.90 Å². The van der Waals surface area contributed by atoms with Gasteiger partial charge in [0, 0.05) is 0 Å². The van der Waals surface area contributed by atoms with Crippen molar-refractivity contribution in [2.75, 3.05) is 13.2 Å². The molecule has 3 N–H and O–H groups in total. The largest absolute Gasteiger partial charge is 0.478 e. The molecule has 0 aliphatic rings. The number of esters is 1. The molecule has 1 rings (SSSR count). The lowest BCUT2D eigenvalue weighted by Crippen LogP contribution is -2.12. The van der Waals surface area contributed by atoms with E-state index in [0.717, 1.165) is 12.1 Å². The SMILES string of the molecule is O=C(O)c1cc(C(=O)OCCO)cc(S(=O)(=O)O)c1. The number of ether oxygens (including phenoxy) is 1. The summed E-state index contributed by atoms with van der Waals surface area (Å²) < 4.78 is 35.3. The molecule has 9 heteroatoms. The van der Waals surface area contributed by atoms with Crippen LogP contribution in [0.15, 0.2) is 23.1 Å². The van der Waals surface area contributed by atoms with Gasteiger partial charge in [-0.25, -0.2) is 9.59 Å². The monoisotopic (exact) mass is 290 g/mol. The number of aromatic carboxylic acids is 1. The van der Waals surface area contributed by atoms with Crippen molar-refractivity contribution in [1.82, 2.24) is 0 Å². The minimum atomic E-state index is -4.66. The first kappa shape index (κ1) is 15.1. The zero-order valence-corrected chi connectivity index (χ0v) is 10.3. The number of aliphatic hydroxyl groups is 1. The van der Waals surface area contributed by atoms with E-state index in [-0.39, 0.29) is 12.2 Å². The Morgan fingerprint density at radius 3 is 2.21 bits per heavy atom. The van der Waals surface area contributed by atoms with Gasteiger partial charge in [-0.05, 0) is 18.2 Å². The van der Waals surface area contributed by atoms with Crippen molar-refractivity contribution in [1.29, 1.82) is 0 Å². The topological polar surface area (TPSA) is 138 Å². The smallest absolute Gasteiger partial charge is 0.338 e. The molecular weight excluding hydrogens is 280 g/mol. The fraction of sp³-hybridized carbons (Fsp3) is 0.200. The minimum absolute atomic E-state index is 0.322. The molecule has 0 fully saturated rings. The Kier molecular flexibility index (Phi) is 4.59. The van der Waals surface area contributed by atoms with Gasteiger partial charge >= 0.3 is 11.9 Å². The molecule has 1 aromatic rings. The van der Waals surface area contributed by atoms with Crippen LogP contribution in [0.1, 0.15) is 20.7 Å². The lowest BCUT2D eigenvalue weighted by Gasteiger charge is -2.06. The second kappa shape index (κ2) is 5.78. The summed E-state index contributed by atoms with van der Waals surface area (Å²) in [5.41, 5.74) is -0.855. The van der Waals surface area contributed by atoms with Crippen LogP contribution in [0.3, 0.4) is 0 Å². The van der Waals surface area contributed by atoms with Gasteiger partial charge in [0.25, 0.3) is 10.1 Å². The number of rotatable bonds is 5. The molecule has 0 bridgehead atoms. The fourth-order valence-electron chi connectivity index (χ4n) is 1.21. The van der Waals surface area contributed by atoms with E-state index < -0.39 is 39.1 Å². The maximum absolute atomic E-state index is 11.5. The molecule has 0 heterocycles. The molecular formula is C10H10O8S. The van der Waals surface area contributed by atoms with Gasteiger partial charge in [-0.3, -0.25) is 4.55 Å². The summed E-state index contributed by atoms with van der Waals surface area (Å²) in [6, 6.07) is 2.39. The third kappa shape index (κ3) is 4.02. The Morgan fingerprint density at radius 1 is 1.16 bits per heavy atom. The predicted molar refractivity (Wildman–Crippen MR) is 60.6 cm³/mol. The Bertz CT molecular complexity index is 604. The molecule has 0 aliphatic carbocycles. The van der Waals surface area contributed by atoms with Crippen LogP contribution >= 0.6 is 0 Å². The molecule has 104 valence electrons. The average Bonchev–Trinajstić information content (AvgIpc) is 2.34. The van der Waals surface area contributed by atoms with E-state index in [4.69, 9.17) is 14.8 Å². The Balaban J connectivity index is 3.29. The molecule has 8 nitrogen and oxygen atoms in total. The number of hydrogen-bond acceptors (Lipinski definition) is 6. The first-order valence-corrected chi connectivity index (χ1v) is 6.33. The summed E-state index contributed by atoms with van der Waals surface area (Å²) in [4.78, 5) is 21.5. The zero-order chi connectivity index (χ0) is 14.6. The van der Waals surface area contributed by atoms with E-state index in [1.54, 1.807) is 0 Å². The van der Waals surface area contributed by atoms with Gasteiger partial charge in [-0.2, -0.15) is 8.42 Å². The third-order valence-corrected chi connectivity index (χ3v) is 2.84. The number of aliphatic hydroxyl groups excluding tert-OH is 1. The van der Waals surface area contributed by atoms with Crippen molar-refractivity contribution < 1.29 is 37.5 Å². The van der Waals surface area contributed by atoms with E-state index in [1.807, 2.05) is 0 Å². The molecule has 0 unspecified atom stereocenters. The third-order valence-electron chi connectivity index (χ3n) is 2.01. The maximum Gasteiger partial charge on any atom is 0.338 e. The van der Waals surface area contributed by atoms with Gasteiger partial charge in [-0.15, -0.1) is 0 Å². The second-order valence-electron chi connectivity index (χ2n) is 3.39. The van der Waals surface area contributed by atoms with Gasteiger partial charge in [0.1, 0.15) is 6.61 Å². The second-order valence-corrected chi connectivity index (χ2v) is 4.81. The lowest BCUT2D eigenvalue weighted by atomic mass is 10.1. The highest BCUT2D eigenvalue weighted by Crippen LogP contribution is 2.16. The molecule has 1 aromatic carbocycles. The molecule has 0 spiro atoms. The molecule has 0 aromatic heterocycles. The van der Waals surface area contributed by atoms with Crippen LogP contribution in [0.5, 0.6) is 0 Å². The van der Waals surface area contributed by atoms with Gasteiger partial charge < -0.3 is 14.9 Å². The van der Waals surface area contributed by atoms with Gasteiger partial charge in [-0.1, -0.05) is 0 Å². The van der Waals surface area contributed by atoms with Gasteiger partial charge in [0.2, 0.25) is 0 Å². The fourth-order valence-corrected chi connectivity index (χ4v) is 1.76. The van der Waals surface area contributed by atoms with E-state index in [2.05, 4.69) is 4.74 Å². The lowest BCUT2D eigenvalue weighted by molar-refractivity contribution is 0.0433. The number of benzene rings is 1. The predicted octanol–water partition coefficient (Wildman–Crippen LogP) is -0.219.